The molecule has 1 aliphatic heterocycles. The number of aliphatic imine (C=N–C) groups is 1. The average molecular weight is 274 g/mol. The van der Waals surface area contributed by atoms with Crippen LogP contribution in [0.5, 0.6) is 0 Å². The summed E-state index contributed by atoms with van der Waals surface area (Å²) in [6.07, 6.45) is 2.49. The molecule has 1 N–H and O–H groups in total. The van der Waals surface area contributed by atoms with Crippen LogP contribution in [0.3, 0.4) is 0 Å². The fourth-order valence-corrected chi connectivity index (χ4v) is 4.18. The van der Waals surface area contributed by atoms with Gasteiger partial charge in [0.2, 0.25) is 0 Å². The number of amidine groups is 1. The molecule has 102 valence electrons. The van der Waals surface area contributed by atoms with Gasteiger partial charge in [-0.05, 0) is 29.9 Å². The van der Waals surface area contributed by atoms with E-state index < -0.39 is 0 Å². The van der Waals surface area contributed by atoms with Gasteiger partial charge in [-0.3, -0.25) is 4.99 Å². The van der Waals surface area contributed by atoms with Crippen LogP contribution in [0.2, 0.25) is 0 Å². The number of benzene rings is 1. The van der Waals surface area contributed by atoms with Gasteiger partial charge in [-0.2, -0.15) is 0 Å². The van der Waals surface area contributed by atoms with Gasteiger partial charge in [-0.25, -0.2) is 0 Å². The van der Waals surface area contributed by atoms with Crippen molar-refractivity contribution in [3.63, 3.8) is 0 Å². The van der Waals surface area contributed by atoms with Crippen molar-refractivity contribution in [1.29, 1.82) is 0 Å². The molecule has 3 heteroatoms. The van der Waals surface area contributed by atoms with Gasteiger partial charge in [0, 0.05) is 17.7 Å². The largest absolute Gasteiger partial charge is 0.364 e. The van der Waals surface area contributed by atoms with E-state index in [1.807, 2.05) is 11.8 Å². The lowest BCUT2D eigenvalue weighted by Gasteiger charge is -2.30. The molecule has 0 spiro atoms. The Morgan fingerprint density at radius 3 is 3.00 bits per heavy atom. The third kappa shape index (κ3) is 2.97. The van der Waals surface area contributed by atoms with Crippen LogP contribution in [0.1, 0.15) is 37.3 Å². The fourth-order valence-electron chi connectivity index (χ4n) is 2.92. The summed E-state index contributed by atoms with van der Waals surface area (Å²) in [6, 6.07) is 8.78. The summed E-state index contributed by atoms with van der Waals surface area (Å²) >= 11 is 1.94. The van der Waals surface area contributed by atoms with E-state index in [1.165, 1.54) is 24.0 Å². The summed E-state index contributed by atoms with van der Waals surface area (Å²) in [6.45, 7) is 6.61. The molecule has 0 aromatic heterocycles. The second kappa shape index (κ2) is 5.58. The molecule has 0 bridgehead atoms. The summed E-state index contributed by atoms with van der Waals surface area (Å²) in [5, 5.41) is 5.39. The first-order chi connectivity index (χ1) is 9.22. The minimum atomic E-state index is 0.684. The van der Waals surface area contributed by atoms with E-state index in [2.05, 4.69) is 48.4 Å². The third-order valence-electron chi connectivity index (χ3n) is 3.91. The predicted octanol–water partition coefficient (Wildman–Crippen LogP) is 3.43. The predicted molar refractivity (Wildman–Crippen MR) is 84.0 cm³/mol. The molecule has 0 radical (unpaired) electrons. The van der Waals surface area contributed by atoms with Gasteiger partial charge in [0.25, 0.3) is 0 Å². The van der Waals surface area contributed by atoms with Crippen LogP contribution in [-0.4, -0.2) is 23.5 Å². The van der Waals surface area contributed by atoms with E-state index in [-0.39, 0.29) is 0 Å². The zero-order valence-corrected chi connectivity index (χ0v) is 12.5. The molecule has 1 heterocycles. The normalized spacial score (nSPS) is 24.9. The highest BCUT2D eigenvalue weighted by molar-refractivity contribution is 8.14. The van der Waals surface area contributed by atoms with E-state index in [4.69, 9.17) is 0 Å². The van der Waals surface area contributed by atoms with Gasteiger partial charge in [0.05, 0.1) is 6.54 Å². The molecule has 0 saturated heterocycles. The van der Waals surface area contributed by atoms with Crippen molar-refractivity contribution in [2.45, 2.75) is 37.9 Å². The fraction of sp³-hybridized carbons (Fsp3) is 0.562. The number of fused-ring (bicyclic) bond motifs is 1. The molecule has 0 amide bonds. The van der Waals surface area contributed by atoms with Crippen LogP contribution in [0.15, 0.2) is 29.3 Å². The summed E-state index contributed by atoms with van der Waals surface area (Å²) in [7, 11) is 0. The Balaban J connectivity index is 1.45. The first-order valence-corrected chi connectivity index (χ1v) is 8.13. The first kappa shape index (κ1) is 13.0. The highest BCUT2D eigenvalue weighted by Crippen LogP contribution is 2.34. The van der Waals surface area contributed by atoms with Gasteiger partial charge in [-0.15, -0.1) is 0 Å². The SMILES string of the molecule is CC(C)CC1CN=C(NCC2Cc3ccccc32)S1. The number of hydrogen-bond donors (Lipinski definition) is 1. The maximum Gasteiger partial charge on any atom is 0.156 e. The monoisotopic (exact) mass is 274 g/mol. The van der Waals surface area contributed by atoms with Gasteiger partial charge in [-0.1, -0.05) is 49.9 Å². The van der Waals surface area contributed by atoms with Crippen molar-refractivity contribution < 1.29 is 0 Å². The molecule has 1 aliphatic carbocycles. The van der Waals surface area contributed by atoms with Gasteiger partial charge in [0.1, 0.15) is 0 Å². The van der Waals surface area contributed by atoms with Gasteiger partial charge >= 0.3 is 0 Å². The molecule has 3 rings (SSSR count). The molecule has 2 unspecified atom stereocenters. The number of nitrogens with zero attached hydrogens (tertiary/aromatic N) is 1. The lowest BCUT2D eigenvalue weighted by molar-refractivity contribution is 0.575. The smallest absolute Gasteiger partial charge is 0.156 e. The number of hydrogen-bond acceptors (Lipinski definition) is 3. The van der Waals surface area contributed by atoms with Crippen molar-refractivity contribution in [2.24, 2.45) is 10.9 Å². The van der Waals surface area contributed by atoms with Crippen molar-refractivity contribution in [3.8, 4) is 0 Å². The third-order valence-corrected chi connectivity index (χ3v) is 5.08. The lowest BCUT2D eigenvalue weighted by atomic mass is 9.78. The summed E-state index contributed by atoms with van der Waals surface area (Å²) in [5.74, 6) is 1.45. The number of rotatable bonds is 4. The maximum absolute atomic E-state index is 4.63. The minimum absolute atomic E-state index is 0.684. The molecule has 0 fully saturated rings. The van der Waals surface area contributed by atoms with E-state index in [1.54, 1.807) is 0 Å². The molecule has 2 aliphatic rings. The van der Waals surface area contributed by atoms with E-state index >= 15 is 0 Å². The topological polar surface area (TPSA) is 24.4 Å². The van der Waals surface area contributed by atoms with Crippen LogP contribution in [0.4, 0.5) is 0 Å². The zero-order valence-electron chi connectivity index (χ0n) is 11.7. The highest BCUT2D eigenvalue weighted by atomic mass is 32.2. The van der Waals surface area contributed by atoms with Crippen LogP contribution < -0.4 is 5.32 Å². The number of nitrogens with one attached hydrogen (secondary N) is 1. The Bertz CT molecular complexity index is 481. The first-order valence-electron chi connectivity index (χ1n) is 7.25. The van der Waals surface area contributed by atoms with Gasteiger partial charge in [0.15, 0.2) is 5.17 Å². The number of thioether (sulfide) groups is 1. The summed E-state index contributed by atoms with van der Waals surface area (Å²) in [5.41, 5.74) is 3.05. The quantitative estimate of drug-likeness (QED) is 0.909. The van der Waals surface area contributed by atoms with E-state index in [0.29, 0.717) is 11.2 Å². The van der Waals surface area contributed by atoms with E-state index in [0.717, 1.165) is 24.2 Å². The second-order valence-electron chi connectivity index (χ2n) is 6.00. The van der Waals surface area contributed by atoms with Crippen molar-refractivity contribution >= 4 is 16.9 Å². The Morgan fingerprint density at radius 2 is 2.21 bits per heavy atom. The molecule has 0 saturated carbocycles. The second-order valence-corrected chi connectivity index (χ2v) is 7.29. The zero-order chi connectivity index (χ0) is 13.2. The van der Waals surface area contributed by atoms with Crippen molar-refractivity contribution in [3.05, 3.63) is 35.4 Å². The van der Waals surface area contributed by atoms with Crippen LogP contribution in [0, 0.1) is 5.92 Å². The summed E-state index contributed by atoms with van der Waals surface area (Å²) < 4.78 is 0. The van der Waals surface area contributed by atoms with Crippen LogP contribution in [-0.2, 0) is 6.42 Å². The molecule has 2 atom stereocenters. The Morgan fingerprint density at radius 1 is 1.37 bits per heavy atom. The summed E-state index contributed by atoms with van der Waals surface area (Å²) in [4.78, 5) is 4.63. The van der Waals surface area contributed by atoms with Crippen molar-refractivity contribution in [2.75, 3.05) is 13.1 Å². The molecule has 1 aromatic carbocycles. The maximum atomic E-state index is 4.63. The molecule has 1 aromatic rings. The molecule has 2 nitrogen and oxygen atoms in total. The Kier molecular flexibility index (Phi) is 3.83. The van der Waals surface area contributed by atoms with Crippen molar-refractivity contribution in [1.82, 2.24) is 5.32 Å². The Hall–Kier alpha value is -0.960. The van der Waals surface area contributed by atoms with E-state index in [9.17, 15) is 0 Å². The molecular weight excluding hydrogens is 252 g/mol. The standard InChI is InChI=1S/C16H22N2S/c1-11(2)7-14-10-18-16(19-14)17-9-13-8-12-5-3-4-6-15(12)13/h3-6,11,13-14H,7-10H2,1-2H3,(H,17,18). The van der Waals surface area contributed by atoms with Crippen LogP contribution in [0.25, 0.3) is 0 Å². The molecule has 19 heavy (non-hydrogen) atoms. The minimum Gasteiger partial charge on any atom is -0.364 e. The molecular formula is C16H22N2S. The highest BCUT2D eigenvalue weighted by Gasteiger charge is 2.26. The Labute approximate surface area is 120 Å². The lowest BCUT2D eigenvalue weighted by Crippen LogP contribution is -2.31. The van der Waals surface area contributed by atoms with Crippen LogP contribution >= 0.6 is 11.8 Å². The van der Waals surface area contributed by atoms with Gasteiger partial charge < -0.3 is 5.32 Å². The average Bonchev–Trinajstić information content (AvgIpc) is 2.77.